The molecule has 1 aromatic carbocycles. The number of nitrogens with zero attached hydrogens (tertiary/aromatic N) is 5. The van der Waals surface area contributed by atoms with Crippen molar-refractivity contribution >= 4 is 21.7 Å². The largest absolute Gasteiger partial charge is 0.345 e. The van der Waals surface area contributed by atoms with Gasteiger partial charge in [0.2, 0.25) is 11.7 Å². The Labute approximate surface area is 153 Å². The van der Waals surface area contributed by atoms with Gasteiger partial charge in [0, 0.05) is 22.8 Å². The Morgan fingerprint density at radius 3 is 2.88 bits per heavy atom. The van der Waals surface area contributed by atoms with Crippen molar-refractivity contribution in [1.82, 2.24) is 15.1 Å². The van der Waals surface area contributed by atoms with Gasteiger partial charge in [-0.05, 0) is 37.1 Å². The van der Waals surface area contributed by atoms with Crippen LogP contribution in [0.1, 0.15) is 30.3 Å². The van der Waals surface area contributed by atoms with Crippen molar-refractivity contribution in [3.8, 4) is 17.5 Å². The van der Waals surface area contributed by atoms with E-state index in [4.69, 9.17) is 9.78 Å². The summed E-state index contributed by atoms with van der Waals surface area (Å²) in [4.78, 5) is 11.1. The molecule has 3 aromatic rings. The molecule has 124 valence electrons. The highest BCUT2D eigenvalue weighted by Crippen LogP contribution is 2.35. The number of halogens is 1. The zero-order chi connectivity index (χ0) is 17.2. The van der Waals surface area contributed by atoms with E-state index < -0.39 is 0 Å². The van der Waals surface area contributed by atoms with E-state index in [1.165, 1.54) is 0 Å². The van der Waals surface area contributed by atoms with Gasteiger partial charge in [-0.3, -0.25) is 0 Å². The second kappa shape index (κ2) is 6.65. The molecule has 1 unspecified atom stereocenters. The van der Waals surface area contributed by atoms with Crippen LogP contribution in [0, 0.1) is 11.3 Å². The van der Waals surface area contributed by atoms with Gasteiger partial charge in [-0.1, -0.05) is 33.2 Å². The van der Waals surface area contributed by atoms with Crippen LogP contribution < -0.4 is 4.90 Å². The van der Waals surface area contributed by atoms with Crippen LogP contribution in [0.3, 0.4) is 0 Å². The predicted octanol–water partition coefficient (Wildman–Crippen LogP) is 4.11. The zero-order valence-electron chi connectivity index (χ0n) is 13.3. The Balaban J connectivity index is 1.63. The van der Waals surface area contributed by atoms with Gasteiger partial charge in [-0.2, -0.15) is 10.2 Å². The normalized spacial score (nSPS) is 16.8. The first-order chi connectivity index (χ1) is 12.3. The lowest BCUT2D eigenvalue weighted by atomic mass is 10.2. The molecular formula is C18H14BrN5O. The van der Waals surface area contributed by atoms with Crippen molar-refractivity contribution < 1.29 is 4.52 Å². The van der Waals surface area contributed by atoms with Crippen molar-refractivity contribution in [2.24, 2.45) is 0 Å². The molecule has 3 heterocycles. The lowest BCUT2D eigenvalue weighted by Crippen LogP contribution is -2.23. The number of aromatic nitrogens is 3. The Bertz CT molecular complexity index is 931. The Hall–Kier alpha value is -2.72. The molecule has 0 saturated carbocycles. The van der Waals surface area contributed by atoms with E-state index in [-0.39, 0.29) is 6.04 Å². The molecule has 1 atom stereocenters. The van der Waals surface area contributed by atoms with Crippen molar-refractivity contribution in [2.75, 3.05) is 11.4 Å². The van der Waals surface area contributed by atoms with Crippen LogP contribution in [0.2, 0.25) is 0 Å². The number of anilines is 1. The van der Waals surface area contributed by atoms with Crippen LogP contribution >= 0.6 is 15.9 Å². The van der Waals surface area contributed by atoms with E-state index in [0.717, 1.165) is 35.2 Å². The summed E-state index contributed by atoms with van der Waals surface area (Å²) < 4.78 is 6.48. The lowest BCUT2D eigenvalue weighted by Gasteiger charge is -2.22. The average molecular weight is 396 g/mol. The maximum Gasteiger partial charge on any atom is 0.249 e. The summed E-state index contributed by atoms with van der Waals surface area (Å²) in [5, 5.41) is 13.1. The fourth-order valence-electron chi connectivity index (χ4n) is 3.04. The number of benzene rings is 1. The van der Waals surface area contributed by atoms with Crippen LogP contribution in [-0.2, 0) is 0 Å². The van der Waals surface area contributed by atoms with Gasteiger partial charge in [0.25, 0.3) is 0 Å². The van der Waals surface area contributed by atoms with Gasteiger partial charge >= 0.3 is 0 Å². The fourth-order valence-corrected chi connectivity index (χ4v) is 3.50. The Kier molecular flexibility index (Phi) is 4.20. The van der Waals surface area contributed by atoms with E-state index in [1.807, 2.05) is 30.3 Å². The molecule has 1 saturated heterocycles. The third kappa shape index (κ3) is 3.01. The molecule has 1 fully saturated rings. The summed E-state index contributed by atoms with van der Waals surface area (Å²) in [7, 11) is 0. The Morgan fingerprint density at radius 1 is 1.24 bits per heavy atom. The molecule has 0 amide bonds. The van der Waals surface area contributed by atoms with Crippen LogP contribution in [0.5, 0.6) is 0 Å². The van der Waals surface area contributed by atoms with E-state index in [2.05, 4.69) is 42.0 Å². The summed E-state index contributed by atoms with van der Waals surface area (Å²) in [6.45, 7) is 0.871. The van der Waals surface area contributed by atoms with Gasteiger partial charge in [0.15, 0.2) is 0 Å². The molecule has 0 N–H and O–H groups in total. The molecule has 0 bridgehead atoms. The van der Waals surface area contributed by atoms with Crippen LogP contribution in [-0.4, -0.2) is 21.7 Å². The smallest absolute Gasteiger partial charge is 0.249 e. The topological polar surface area (TPSA) is 78.8 Å². The van der Waals surface area contributed by atoms with Crippen LogP contribution in [0.15, 0.2) is 51.6 Å². The van der Waals surface area contributed by atoms with Gasteiger partial charge in [-0.15, -0.1) is 0 Å². The predicted molar refractivity (Wildman–Crippen MR) is 95.7 cm³/mol. The maximum absolute atomic E-state index is 8.92. The molecule has 1 aliphatic rings. The monoisotopic (exact) mass is 395 g/mol. The maximum atomic E-state index is 8.92. The summed E-state index contributed by atoms with van der Waals surface area (Å²) in [6.07, 6.45) is 3.55. The quantitative estimate of drug-likeness (QED) is 0.663. The van der Waals surface area contributed by atoms with Crippen molar-refractivity contribution in [1.29, 1.82) is 5.26 Å². The van der Waals surface area contributed by atoms with Gasteiger partial charge < -0.3 is 9.42 Å². The first-order valence-corrected chi connectivity index (χ1v) is 8.77. The second-order valence-corrected chi connectivity index (χ2v) is 6.66. The number of hydrogen-bond donors (Lipinski definition) is 0. The molecule has 0 spiro atoms. The molecule has 4 rings (SSSR count). The van der Waals surface area contributed by atoms with Crippen molar-refractivity contribution in [3.63, 3.8) is 0 Å². The zero-order valence-corrected chi connectivity index (χ0v) is 14.8. The average Bonchev–Trinajstić information content (AvgIpc) is 3.31. The molecule has 0 radical (unpaired) electrons. The van der Waals surface area contributed by atoms with Gasteiger partial charge in [0.05, 0.1) is 5.56 Å². The minimum absolute atomic E-state index is 0.00386. The first kappa shape index (κ1) is 15.8. The molecular weight excluding hydrogens is 382 g/mol. The first-order valence-electron chi connectivity index (χ1n) is 7.97. The molecule has 7 heteroatoms. The van der Waals surface area contributed by atoms with E-state index in [1.54, 1.807) is 12.3 Å². The van der Waals surface area contributed by atoms with Crippen LogP contribution in [0.4, 0.5) is 5.82 Å². The van der Waals surface area contributed by atoms with E-state index in [0.29, 0.717) is 17.3 Å². The molecule has 1 aliphatic heterocycles. The number of nitriles is 1. The highest BCUT2D eigenvalue weighted by molar-refractivity contribution is 9.10. The van der Waals surface area contributed by atoms with Crippen molar-refractivity contribution in [2.45, 2.75) is 18.9 Å². The Morgan fingerprint density at radius 2 is 2.12 bits per heavy atom. The fraction of sp³-hybridized carbons (Fsp3) is 0.222. The summed E-state index contributed by atoms with van der Waals surface area (Å²) >= 11 is 3.52. The highest BCUT2D eigenvalue weighted by Gasteiger charge is 2.32. The molecule has 6 nitrogen and oxygen atoms in total. The summed E-state index contributed by atoms with van der Waals surface area (Å²) in [5.74, 6) is 1.98. The molecule has 0 aliphatic carbocycles. The minimum Gasteiger partial charge on any atom is -0.345 e. The SMILES string of the molecule is N#Cc1ccc(N2CCCC2c2nc(-c3ccccc3Br)no2)nc1. The van der Waals surface area contributed by atoms with Gasteiger partial charge in [-0.25, -0.2) is 4.98 Å². The van der Waals surface area contributed by atoms with Crippen molar-refractivity contribution in [3.05, 3.63) is 58.5 Å². The number of pyridine rings is 1. The second-order valence-electron chi connectivity index (χ2n) is 5.80. The third-order valence-corrected chi connectivity index (χ3v) is 4.96. The van der Waals surface area contributed by atoms with Crippen LogP contribution in [0.25, 0.3) is 11.4 Å². The molecule has 25 heavy (non-hydrogen) atoms. The lowest BCUT2D eigenvalue weighted by molar-refractivity contribution is 0.355. The van der Waals surface area contributed by atoms with E-state index in [9.17, 15) is 0 Å². The standard InChI is InChI=1S/C18H14BrN5O/c19-14-5-2-1-4-13(14)17-22-18(25-23-17)15-6-3-9-24(15)16-8-7-12(10-20)11-21-16/h1-2,4-5,7-8,11,15H,3,6,9H2. The highest BCUT2D eigenvalue weighted by atomic mass is 79.9. The number of rotatable bonds is 3. The summed E-state index contributed by atoms with van der Waals surface area (Å²) in [5.41, 5.74) is 1.45. The third-order valence-electron chi connectivity index (χ3n) is 4.27. The number of hydrogen-bond acceptors (Lipinski definition) is 6. The van der Waals surface area contributed by atoms with E-state index >= 15 is 0 Å². The minimum atomic E-state index is 0.00386. The van der Waals surface area contributed by atoms with Gasteiger partial charge in [0.1, 0.15) is 17.9 Å². The molecule has 2 aromatic heterocycles. The summed E-state index contributed by atoms with van der Waals surface area (Å²) in [6, 6.07) is 13.5.